The number of carbonyl (C=O) groups is 2. The summed E-state index contributed by atoms with van der Waals surface area (Å²) in [5, 5.41) is 4.80. The van der Waals surface area contributed by atoms with Crippen LogP contribution in [0.3, 0.4) is 0 Å². The quantitative estimate of drug-likeness (QED) is 0.474. The molecular weight excluding hydrogens is 434 g/mol. The van der Waals surface area contributed by atoms with E-state index in [1.54, 1.807) is 56.3 Å². The van der Waals surface area contributed by atoms with Crippen molar-refractivity contribution in [3.05, 3.63) is 70.6 Å². The van der Waals surface area contributed by atoms with E-state index in [0.29, 0.717) is 10.8 Å². The molecule has 0 bridgehead atoms. The average molecular weight is 458 g/mol. The Kier molecular flexibility index (Phi) is 6.70. The Labute approximate surface area is 184 Å². The molecule has 32 heavy (non-hydrogen) atoms. The Bertz CT molecular complexity index is 1320. The fourth-order valence-corrected chi connectivity index (χ4v) is 4.19. The van der Waals surface area contributed by atoms with E-state index < -0.39 is 27.9 Å². The van der Waals surface area contributed by atoms with Crippen molar-refractivity contribution >= 4 is 32.6 Å². The molecule has 1 heterocycles. The number of amides is 2. The molecule has 0 saturated heterocycles. The van der Waals surface area contributed by atoms with E-state index in [1.807, 2.05) is 0 Å². The molecule has 168 valence electrons. The van der Waals surface area contributed by atoms with Crippen LogP contribution >= 0.6 is 0 Å². The van der Waals surface area contributed by atoms with Gasteiger partial charge in [0.2, 0.25) is 10.0 Å². The van der Waals surface area contributed by atoms with E-state index in [4.69, 9.17) is 0 Å². The molecule has 0 unspecified atom stereocenters. The predicted molar refractivity (Wildman–Crippen MR) is 118 cm³/mol. The van der Waals surface area contributed by atoms with Crippen LogP contribution in [0.15, 0.2) is 64.3 Å². The van der Waals surface area contributed by atoms with E-state index in [-0.39, 0.29) is 22.2 Å². The predicted octanol–water partition coefficient (Wildman–Crippen LogP) is 1.11. The molecule has 1 atom stereocenters. The molecular formula is C21H23N5O5S. The molecule has 11 heteroatoms. The summed E-state index contributed by atoms with van der Waals surface area (Å²) in [5.41, 5.74) is 4.04. The third kappa shape index (κ3) is 4.84. The topological polar surface area (TPSA) is 139 Å². The number of hydrogen-bond donors (Lipinski definition) is 3. The minimum absolute atomic E-state index is 0.00953. The second-order valence-electron chi connectivity index (χ2n) is 7.34. The maximum absolute atomic E-state index is 12.7. The third-order valence-corrected chi connectivity index (χ3v) is 6.17. The highest BCUT2D eigenvalue weighted by Gasteiger charge is 2.23. The van der Waals surface area contributed by atoms with Crippen molar-refractivity contribution in [1.29, 1.82) is 0 Å². The van der Waals surface area contributed by atoms with Crippen LogP contribution in [0.4, 0.5) is 0 Å². The number of nitrogens with zero attached hydrogens (tertiary/aromatic N) is 2. The molecule has 0 fully saturated rings. The molecule has 0 saturated carbocycles. The van der Waals surface area contributed by atoms with Crippen LogP contribution in [-0.4, -0.2) is 36.1 Å². The lowest BCUT2D eigenvalue weighted by atomic mass is 10.1. The first-order valence-electron chi connectivity index (χ1n) is 9.81. The van der Waals surface area contributed by atoms with Gasteiger partial charge in [-0.05, 0) is 39.0 Å². The van der Waals surface area contributed by atoms with E-state index in [9.17, 15) is 22.8 Å². The van der Waals surface area contributed by atoms with Gasteiger partial charge in [0, 0.05) is 5.39 Å². The highest BCUT2D eigenvalue weighted by Crippen LogP contribution is 2.14. The second-order valence-corrected chi connectivity index (χ2v) is 9.05. The zero-order valence-electron chi connectivity index (χ0n) is 17.7. The lowest BCUT2D eigenvalue weighted by Crippen LogP contribution is -2.51. The minimum atomic E-state index is -3.92. The van der Waals surface area contributed by atoms with Gasteiger partial charge in [-0.25, -0.2) is 13.1 Å². The lowest BCUT2D eigenvalue weighted by Gasteiger charge is -2.16. The van der Waals surface area contributed by atoms with Crippen LogP contribution in [0.5, 0.6) is 0 Å². The Morgan fingerprint density at radius 1 is 0.906 bits per heavy atom. The zero-order valence-corrected chi connectivity index (χ0v) is 18.5. The standard InChI is InChI=1S/C21H23N5O5S/c1-13(2)26-21(29)17-12-8-7-11-16(17)18(24-26)20(28)23-22-19(27)14(3)25-32(30,31)15-9-5-4-6-10-15/h4-14,25H,1-3H3,(H,22,27)(H,23,28)/t14-/m0/s1. The van der Waals surface area contributed by atoms with Crippen LogP contribution in [0.1, 0.15) is 37.3 Å². The first-order valence-corrected chi connectivity index (χ1v) is 11.3. The number of fused-ring (bicyclic) bond motifs is 1. The summed E-state index contributed by atoms with van der Waals surface area (Å²) in [6.45, 7) is 4.86. The van der Waals surface area contributed by atoms with Crippen LogP contribution in [0.2, 0.25) is 0 Å². The van der Waals surface area contributed by atoms with E-state index in [1.165, 1.54) is 23.7 Å². The molecule has 2 aromatic carbocycles. The molecule has 0 aliphatic rings. The molecule has 3 aromatic rings. The summed E-state index contributed by atoms with van der Waals surface area (Å²) in [6.07, 6.45) is 0. The third-order valence-electron chi connectivity index (χ3n) is 4.61. The van der Waals surface area contributed by atoms with Crippen molar-refractivity contribution in [2.75, 3.05) is 0 Å². The normalized spacial score (nSPS) is 12.5. The molecule has 0 spiro atoms. The van der Waals surface area contributed by atoms with Crippen LogP contribution in [0.25, 0.3) is 10.8 Å². The van der Waals surface area contributed by atoms with Gasteiger partial charge in [0.25, 0.3) is 17.4 Å². The lowest BCUT2D eigenvalue weighted by molar-refractivity contribution is -0.123. The fourth-order valence-electron chi connectivity index (χ4n) is 2.96. The van der Waals surface area contributed by atoms with Gasteiger partial charge >= 0.3 is 0 Å². The summed E-state index contributed by atoms with van der Waals surface area (Å²) in [5.74, 6) is -1.53. The molecule has 2 amide bonds. The number of hydrogen-bond acceptors (Lipinski definition) is 6. The van der Waals surface area contributed by atoms with Gasteiger partial charge in [0.05, 0.1) is 22.4 Å². The van der Waals surface area contributed by atoms with Gasteiger partial charge < -0.3 is 0 Å². The first kappa shape index (κ1) is 23.1. The van der Waals surface area contributed by atoms with Gasteiger partial charge in [-0.2, -0.15) is 9.82 Å². The van der Waals surface area contributed by atoms with Crippen molar-refractivity contribution in [2.45, 2.75) is 37.8 Å². The van der Waals surface area contributed by atoms with Crippen molar-refractivity contribution in [1.82, 2.24) is 25.4 Å². The molecule has 3 N–H and O–H groups in total. The summed E-state index contributed by atoms with van der Waals surface area (Å²) in [4.78, 5) is 37.7. The Morgan fingerprint density at radius 2 is 1.50 bits per heavy atom. The minimum Gasteiger partial charge on any atom is -0.271 e. The second kappa shape index (κ2) is 9.28. The molecule has 0 aliphatic carbocycles. The van der Waals surface area contributed by atoms with E-state index >= 15 is 0 Å². The number of rotatable bonds is 6. The Balaban J connectivity index is 1.76. The van der Waals surface area contributed by atoms with Crippen LogP contribution < -0.4 is 21.1 Å². The van der Waals surface area contributed by atoms with Crippen LogP contribution in [-0.2, 0) is 14.8 Å². The van der Waals surface area contributed by atoms with Gasteiger partial charge in [-0.3, -0.25) is 25.2 Å². The van der Waals surface area contributed by atoms with Crippen molar-refractivity contribution in [2.24, 2.45) is 0 Å². The Morgan fingerprint density at radius 3 is 2.12 bits per heavy atom. The fraction of sp³-hybridized carbons (Fsp3) is 0.238. The van der Waals surface area contributed by atoms with Crippen molar-refractivity contribution in [3.8, 4) is 0 Å². The molecule has 10 nitrogen and oxygen atoms in total. The summed E-state index contributed by atoms with van der Waals surface area (Å²) in [6, 6.07) is 12.7. The summed E-state index contributed by atoms with van der Waals surface area (Å²) >= 11 is 0. The maximum atomic E-state index is 12.7. The number of nitrogens with one attached hydrogen (secondary N) is 3. The molecule has 0 radical (unpaired) electrons. The molecule has 3 rings (SSSR count). The van der Waals surface area contributed by atoms with Gasteiger partial charge in [-0.1, -0.05) is 36.4 Å². The number of benzene rings is 2. The number of hydrazine groups is 1. The highest BCUT2D eigenvalue weighted by molar-refractivity contribution is 7.89. The Hall–Kier alpha value is -3.57. The SMILES string of the molecule is CC(C)n1nc(C(=O)NNC(=O)[C@H](C)NS(=O)(=O)c2ccccc2)c2ccccc2c1=O. The van der Waals surface area contributed by atoms with Crippen molar-refractivity contribution in [3.63, 3.8) is 0 Å². The monoisotopic (exact) mass is 457 g/mol. The maximum Gasteiger partial charge on any atom is 0.290 e. The number of carbonyl (C=O) groups excluding carboxylic acids is 2. The molecule has 0 aliphatic heterocycles. The summed E-state index contributed by atoms with van der Waals surface area (Å²) in [7, 11) is -3.92. The summed E-state index contributed by atoms with van der Waals surface area (Å²) < 4.78 is 28.2. The number of sulfonamides is 1. The first-order chi connectivity index (χ1) is 15.1. The van der Waals surface area contributed by atoms with Gasteiger partial charge in [0.1, 0.15) is 0 Å². The largest absolute Gasteiger partial charge is 0.290 e. The average Bonchev–Trinajstić information content (AvgIpc) is 2.77. The van der Waals surface area contributed by atoms with Crippen molar-refractivity contribution < 1.29 is 18.0 Å². The molecule has 1 aromatic heterocycles. The van der Waals surface area contributed by atoms with Crippen LogP contribution in [0, 0.1) is 0 Å². The zero-order chi connectivity index (χ0) is 23.5. The number of aromatic nitrogens is 2. The van der Waals surface area contributed by atoms with Gasteiger partial charge in [-0.15, -0.1) is 0 Å². The highest BCUT2D eigenvalue weighted by atomic mass is 32.2. The van der Waals surface area contributed by atoms with Gasteiger partial charge in [0.15, 0.2) is 5.69 Å². The smallest absolute Gasteiger partial charge is 0.271 e. The van der Waals surface area contributed by atoms with E-state index in [0.717, 1.165) is 0 Å². The van der Waals surface area contributed by atoms with E-state index in [2.05, 4.69) is 20.7 Å².